The van der Waals surface area contributed by atoms with Gasteiger partial charge in [-0.1, -0.05) is 47.1 Å². The standard InChI is InChI=1S/C13H13Br/c1-3-10-8-13(14)12-7-5-4-6-11(12)9(10)2/h4-8H,3H2,1-2H3. The topological polar surface area (TPSA) is 0 Å². The van der Waals surface area contributed by atoms with Gasteiger partial charge < -0.3 is 0 Å². The van der Waals surface area contributed by atoms with E-state index in [9.17, 15) is 0 Å². The maximum atomic E-state index is 3.62. The van der Waals surface area contributed by atoms with Crippen molar-refractivity contribution in [1.29, 1.82) is 0 Å². The van der Waals surface area contributed by atoms with Gasteiger partial charge in [0.1, 0.15) is 0 Å². The smallest absolute Gasteiger partial charge is 0.0256 e. The van der Waals surface area contributed by atoms with Crippen LogP contribution in [0.5, 0.6) is 0 Å². The van der Waals surface area contributed by atoms with Crippen molar-refractivity contribution < 1.29 is 0 Å². The van der Waals surface area contributed by atoms with Crippen molar-refractivity contribution in [2.45, 2.75) is 20.3 Å². The van der Waals surface area contributed by atoms with E-state index in [0.717, 1.165) is 6.42 Å². The molecule has 0 aromatic heterocycles. The molecule has 0 saturated heterocycles. The lowest BCUT2D eigenvalue weighted by molar-refractivity contribution is 1.12. The van der Waals surface area contributed by atoms with Gasteiger partial charge in [0.05, 0.1) is 0 Å². The third-order valence-electron chi connectivity index (χ3n) is 2.75. The van der Waals surface area contributed by atoms with Gasteiger partial charge in [0.2, 0.25) is 0 Å². The van der Waals surface area contributed by atoms with Gasteiger partial charge in [-0.3, -0.25) is 0 Å². The molecule has 1 heteroatoms. The van der Waals surface area contributed by atoms with Crippen molar-refractivity contribution >= 4 is 26.7 Å². The van der Waals surface area contributed by atoms with Crippen LogP contribution in [0.15, 0.2) is 34.8 Å². The van der Waals surface area contributed by atoms with Crippen LogP contribution in [-0.2, 0) is 6.42 Å². The Morgan fingerprint density at radius 1 is 1.14 bits per heavy atom. The number of halogens is 1. The van der Waals surface area contributed by atoms with E-state index in [1.165, 1.54) is 26.4 Å². The fourth-order valence-electron chi connectivity index (χ4n) is 1.90. The minimum Gasteiger partial charge on any atom is -0.0616 e. The summed E-state index contributed by atoms with van der Waals surface area (Å²) in [6.07, 6.45) is 1.09. The Bertz CT molecular complexity index is 472. The van der Waals surface area contributed by atoms with Gasteiger partial charge in [0.25, 0.3) is 0 Å². The third kappa shape index (κ3) is 1.46. The van der Waals surface area contributed by atoms with Crippen molar-refractivity contribution in [3.8, 4) is 0 Å². The molecule has 0 bridgehead atoms. The van der Waals surface area contributed by atoms with E-state index in [1.54, 1.807) is 0 Å². The maximum Gasteiger partial charge on any atom is 0.0256 e. The Morgan fingerprint density at radius 2 is 1.79 bits per heavy atom. The minimum atomic E-state index is 1.09. The molecule has 0 aliphatic carbocycles. The Morgan fingerprint density at radius 3 is 2.43 bits per heavy atom. The van der Waals surface area contributed by atoms with Gasteiger partial charge in [-0.15, -0.1) is 0 Å². The number of rotatable bonds is 1. The summed E-state index contributed by atoms with van der Waals surface area (Å²) >= 11 is 3.62. The summed E-state index contributed by atoms with van der Waals surface area (Å²) in [6, 6.07) is 10.8. The molecule has 0 spiro atoms. The Kier molecular flexibility index (Phi) is 2.60. The lowest BCUT2D eigenvalue weighted by Crippen LogP contribution is -1.89. The average Bonchev–Trinajstić information content (AvgIpc) is 2.23. The van der Waals surface area contributed by atoms with Crippen LogP contribution in [0.4, 0.5) is 0 Å². The highest BCUT2D eigenvalue weighted by Gasteiger charge is 2.05. The first-order valence-electron chi connectivity index (χ1n) is 4.90. The summed E-state index contributed by atoms with van der Waals surface area (Å²) in [4.78, 5) is 0. The molecule has 2 rings (SSSR count). The van der Waals surface area contributed by atoms with Crippen LogP contribution in [0.3, 0.4) is 0 Å². The molecule has 72 valence electrons. The van der Waals surface area contributed by atoms with Gasteiger partial charge in [0, 0.05) is 4.47 Å². The summed E-state index contributed by atoms with van der Waals surface area (Å²) in [5.74, 6) is 0. The third-order valence-corrected chi connectivity index (χ3v) is 3.41. The van der Waals surface area contributed by atoms with E-state index in [4.69, 9.17) is 0 Å². The SMILES string of the molecule is CCc1cc(Br)c2ccccc2c1C. The van der Waals surface area contributed by atoms with E-state index in [1.807, 2.05) is 0 Å². The molecule has 0 saturated carbocycles. The predicted octanol–water partition coefficient (Wildman–Crippen LogP) is 4.47. The van der Waals surface area contributed by atoms with E-state index in [0.29, 0.717) is 0 Å². The van der Waals surface area contributed by atoms with Crippen LogP contribution in [-0.4, -0.2) is 0 Å². The van der Waals surface area contributed by atoms with Crippen LogP contribution in [0.1, 0.15) is 18.1 Å². The van der Waals surface area contributed by atoms with Crippen molar-refractivity contribution in [1.82, 2.24) is 0 Å². The molecule has 0 amide bonds. The van der Waals surface area contributed by atoms with Crippen molar-refractivity contribution in [3.05, 3.63) is 45.9 Å². The summed E-state index contributed by atoms with van der Waals surface area (Å²) in [5, 5.41) is 2.67. The van der Waals surface area contributed by atoms with Gasteiger partial charge >= 0.3 is 0 Å². The number of aryl methyl sites for hydroxylation is 2. The van der Waals surface area contributed by atoms with Crippen LogP contribution in [0, 0.1) is 6.92 Å². The van der Waals surface area contributed by atoms with Gasteiger partial charge in [-0.2, -0.15) is 0 Å². The van der Waals surface area contributed by atoms with Crippen LogP contribution in [0.2, 0.25) is 0 Å². The molecule has 0 heterocycles. The molecule has 2 aromatic rings. The van der Waals surface area contributed by atoms with Gasteiger partial charge in [0.15, 0.2) is 0 Å². The summed E-state index contributed by atoms with van der Waals surface area (Å²) in [6.45, 7) is 4.40. The highest BCUT2D eigenvalue weighted by Crippen LogP contribution is 2.29. The van der Waals surface area contributed by atoms with Crippen molar-refractivity contribution in [2.75, 3.05) is 0 Å². The van der Waals surface area contributed by atoms with E-state index in [-0.39, 0.29) is 0 Å². The number of benzene rings is 2. The largest absolute Gasteiger partial charge is 0.0616 e. The Labute approximate surface area is 93.1 Å². The fourth-order valence-corrected chi connectivity index (χ4v) is 2.52. The quantitative estimate of drug-likeness (QED) is 0.699. The molecule has 2 aromatic carbocycles. The lowest BCUT2D eigenvalue weighted by Gasteiger charge is -2.09. The number of hydrogen-bond donors (Lipinski definition) is 0. The van der Waals surface area contributed by atoms with E-state index in [2.05, 4.69) is 60.1 Å². The second-order valence-corrected chi connectivity index (χ2v) is 4.40. The highest BCUT2D eigenvalue weighted by molar-refractivity contribution is 9.10. The average molecular weight is 249 g/mol. The molecule has 0 atom stereocenters. The van der Waals surface area contributed by atoms with Crippen molar-refractivity contribution in [2.24, 2.45) is 0 Å². The van der Waals surface area contributed by atoms with E-state index >= 15 is 0 Å². The molecule has 0 N–H and O–H groups in total. The highest BCUT2D eigenvalue weighted by atomic mass is 79.9. The summed E-state index contributed by atoms with van der Waals surface area (Å²) in [7, 11) is 0. The molecule has 0 fully saturated rings. The van der Waals surface area contributed by atoms with Crippen molar-refractivity contribution in [3.63, 3.8) is 0 Å². The molecule has 0 radical (unpaired) electrons. The fraction of sp³-hybridized carbons (Fsp3) is 0.231. The van der Waals surface area contributed by atoms with Gasteiger partial charge in [-0.05, 0) is 41.3 Å². The summed E-state index contributed by atoms with van der Waals surface area (Å²) < 4.78 is 1.20. The zero-order valence-electron chi connectivity index (χ0n) is 8.47. The number of fused-ring (bicyclic) bond motifs is 1. The first kappa shape index (κ1) is 9.72. The zero-order valence-corrected chi connectivity index (χ0v) is 10.1. The second-order valence-electron chi connectivity index (χ2n) is 3.54. The monoisotopic (exact) mass is 248 g/mol. The maximum absolute atomic E-state index is 3.62. The van der Waals surface area contributed by atoms with Crippen LogP contribution >= 0.6 is 15.9 Å². The lowest BCUT2D eigenvalue weighted by atomic mass is 9.99. The Hall–Kier alpha value is -0.820. The van der Waals surface area contributed by atoms with Crippen LogP contribution < -0.4 is 0 Å². The first-order valence-corrected chi connectivity index (χ1v) is 5.70. The molecule has 0 nitrogen and oxygen atoms in total. The van der Waals surface area contributed by atoms with Gasteiger partial charge in [-0.25, -0.2) is 0 Å². The molecule has 0 aliphatic heterocycles. The Balaban J connectivity index is 2.87. The van der Waals surface area contributed by atoms with Crippen LogP contribution in [0.25, 0.3) is 10.8 Å². The number of hydrogen-bond acceptors (Lipinski definition) is 0. The first-order chi connectivity index (χ1) is 6.74. The molecular formula is C13H13Br. The molecular weight excluding hydrogens is 236 g/mol. The normalized spacial score (nSPS) is 10.8. The zero-order chi connectivity index (χ0) is 10.1. The van der Waals surface area contributed by atoms with E-state index < -0.39 is 0 Å². The molecule has 14 heavy (non-hydrogen) atoms. The predicted molar refractivity (Wildman–Crippen MR) is 65.8 cm³/mol. The molecule has 0 aliphatic rings. The summed E-state index contributed by atoms with van der Waals surface area (Å²) in [5.41, 5.74) is 2.84. The second kappa shape index (κ2) is 3.74. The minimum absolute atomic E-state index is 1.09. The molecule has 0 unspecified atom stereocenters.